The summed E-state index contributed by atoms with van der Waals surface area (Å²) in [5.74, 6) is 0. The van der Waals surface area contributed by atoms with Crippen LogP contribution in [0.15, 0.2) is 18.3 Å². The van der Waals surface area contributed by atoms with Crippen molar-refractivity contribution in [2.75, 3.05) is 13.2 Å². The average molecular weight is 181 g/mol. The largest absolute Gasteiger partial charge is 0.390 e. The van der Waals surface area contributed by atoms with Crippen LogP contribution in [0.1, 0.15) is 11.3 Å². The van der Waals surface area contributed by atoms with Gasteiger partial charge in [-0.1, -0.05) is 6.07 Å². The summed E-state index contributed by atoms with van der Waals surface area (Å²) in [5.41, 5.74) is 0.490. The Kier molecular flexibility index (Phi) is 2.03. The molecule has 0 saturated carbocycles. The van der Waals surface area contributed by atoms with Gasteiger partial charge in [0.25, 0.3) is 0 Å². The number of nitrogens with zero attached hydrogens (tertiary/aromatic N) is 1. The number of aliphatic hydroxyl groups is 2. The predicted molar refractivity (Wildman–Crippen MR) is 44.9 cm³/mol. The SMILES string of the molecule is OCc1ccc(C2(O)COC2)cn1. The van der Waals surface area contributed by atoms with Gasteiger partial charge in [-0.3, -0.25) is 4.98 Å². The van der Waals surface area contributed by atoms with Crippen molar-refractivity contribution in [3.05, 3.63) is 29.6 Å². The number of ether oxygens (including phenoxy) is 1. The Balaban J connectivity index is 2.22. The van der Waals surface area contributed by atoms with Gasteiger partial charge in [-0.25, -0.2) is 0 Å². The van der Waals surface area contributed by atoms with E-state index in [9.17, 15) is 5.11 Å². The maximum atomic E-state index is 9.82. The van der Waals surface area contributed by atoms with Crippen LogP contribution in [0.5, 0.6) is 0 Å². The number of hydrogen-bond donors (Lipinski definition) is 2. The molecule has 0 bridgehead atoms. The zero-order valence-electron chi connectivity index (χ0n) is 7.10. The van der Waals surface area contributed by atoms with E-state index in [-0.39, 0.29) is 6.61 Å². The van der Waals surface area contributed by atoms with Crippen molar-refractivity contribution in [1.29, 1.82) is 0 Å². The molecule has 2 heterocycles. The third-order valence-electron chi connectivity index (χ3n) is 2.21. The second kappa shape index (κ2) is 3.06. The van der Waals surface area contributed by atoms with Gasteiger partial charge in [-0.05, 0) is 6.07 Å². The van der Waals surface area contributed by atoms with Crippen LogP contribution in [-0.4, -0.2) is 28.4 Å². The molecule has 0 amide bonds. The van der Waals surface area contributed by atoms with Crippen molar-refractivity contribution in [3.8, 4) is 0 Å². The molecular formula is C9H11NO3. The Bertz CT molecular complexity index is 292. The molecule has 0 atom stereocenters. The molecule has 4 nitrogen and oxygen atoms in total. The molecule has 1 aliphatic rings. The van der Waals surface area contributed by atoms with E-state index in [2.05, 4.69) is 4.98 Å². The van der Waals surface area contributed by atoms with E-state index in [4.69, 9.17) is 9.84 Å². The molecule has 0 aromatic carbocycles. The number of aromatic nitrogens is 1. The van der Waals surface area contributed by atoms with E-state index in [1.165, 1.54) is 0 Å². The van der Waals surface area contributed by atoms with Gasteiger partial charge in [0.2, 0.25) is 0 Å². The number of hydrogen-bond acceptors (Lipinski definition) is 4. The fourth-order valence-corrected chi connectivity index (χ4v) is 1.26. The molecule has 4 heteroatoms. The van der Waals surface area contributed by atoms with Gasteiger partial charge < -0.3 is 14.9 Å². The van der Waals surface area contributed by atoms with Gasteiger partial charge in [0.05, 0.1) is 25.5 Å². The van der Waals surface area contributed by atoms with E-state index >= 15 is 0 Å². The first kappa shape index (κ1) is 8.62. The van der Waals surface area contributed by atoms with Gasteiger partial charge in [-0.2, -0.15) is 0 Å². The third kappa shape index (κ3) is 1.44. The van der Waals surface area contributed by atoms with E-state index in [1.807, 2.05) is 0 Å². The number of pyridine rings is 1. The second-order valence-corrected chi connectivity index (χ2v) is 3.22. The summed E-state index contributed by atoms with van der Waals surface area (Å²) in [4.78, 5) is 3.98. The monoisotopic (exact) mass is 181 g/mol. The molecule has 1 aliphatic heterocycles. The summed E-state index contributed by atoms with van der Waals surface area (Å²) in [6, 6.07) is 3.46. The highest BCUT2D eigenvalue weighted by Crippen LogP contribution is 2.28. The lowest BCUT2D eigenvalue weighted by Gasteiger charge is -2.36. The van der Waals surface area contributed by atoms with Crippen LogP contribution in [0, 0.1) is 0 Å². The summed E-state index contributed by atoms with van der Waals surface area (Å²) in [6.07, 6.45) is 1.58. The van der Waals surface area contributed by atoms with E-state index in [0.29, 0.717) is 18.9 Å². The van der Waals surface area contributed by atoms with Crippen molar-refractivity contribution in [2.24, 2.45) is 0 Å². The molecule has 0 aliphatic carbocycles. The lowest BCUT2D eigenvalue weighted by Crippen LogP contribution is -2.46. The first-order chi connectivity index (χ1) is 6.24. The highest BCUT2D eigenvalue weighted by molar-refractivity contribution is 5.22. The van der Waals surface area contributed by atoms with Crippen LogP contribution in [0.2, 0.25) is 0 Å². The normalized spacial score (nSPS) is 19.5. The number of rotatable bonds is 2. The topological polar surface area (TPSA) is 62.6 Å². The first-order valence-electron chi connectivity index (χ1n) is 4.11. The summed E-state index contributed by atoms with van der Waals surface area (Å²) in [6.45, 7) is 0.579. The van der Waals surface area contributed by atoms with Gasteiger partial charge in [-0.15, -0.1) is 0 Å². The maximum absolute atomic E-state index is 9.82. The Labute approximate surface area is 75.8 Å². The minimum atomic E-state index is -0.860. The minimum Gasteiger partial charge on any atom is -0.390 e. The Hall–Kier alpha value is -0.970. The third-order valence-corrected chi connectivity index (χ3v) is 2.21. The van der Waals surface area contributed by atoms with Crippen LogP contribution in [0.25, 0.3) is 0 Å². The van der Waals surface area contributed by atoms with Crippen LogP contribution in [-0.2, 0) is 16.9 Å². The van der Waals surface area contributed by atoms with E-state index in [1.54, 1.807) is 18.3 Å². The van der Waals surface area contributed by atoms with Gasteiger partial charge in [0.15, 0.2) is 0 Å². The fourth-order valence-electron chi connectivity index (χ4n) is 1.26. The molecule has 1 aromatic heterocycles. The van der Waals surface area contributed by atoms with Crippen molar-refractivity contribution >= 4 is 0 Å². The second-order valence-electron chi connectivity index (χ2n) is 3.22. The van der Waals surface area contributed by atoms with Crippen molar-refractivity contribution < 1.29 is 14.9 Å². The molecule has 1 aromatic rings. The average Bonchev–Trinajstić information content (AvgIpc) is 2.14. The summed E-state index contributed by atoms with van der Waals surface area (Å²) in [7, 11) is 0. The summed E-state index contributed by atoms with van der Waals surface area (Å²) >= 11 is 0. The quantitative estimate of drug-likeness (QED) is 0.662. The predicted octanol–water partition coefficient (Wildman–Crippen LogP) is -0.208. The minimum absolute atomic E-state index is 0.0742. The van der Waals surface area contributed by atoms with Crippen LogP contribution in [0.3, 0.4) is 0 Å². The highest BCUT2D eigenvalue weighted by atomic mass is 16.5. The summed E-state index contributed by atoms with van der Waals surface area (Å²) in [5, 5.41) is 18.6. The smallest absolute Gasteiger partial charge is 0.137 e. The zero-order valence-corrected chi connectivity index (χ0v) is 7.10. The van der Waals surface area contributed by atoms with Crippen molar-refractivity contribution in [2.45, 2.75) is 12.2 Å². The molecule has 0 unspecified atom stereocenters. The molecule has 1 fully saturated rings. The number of aliphatic hydroxyl groups excluding tert-OH is 1. The lowest BCUT2D eigenvalue weighted by atomic mass is 9.93. The van der Waals surface area contributed by atoms with Crippen molar-refractivity contribution in [1.82, 2.24) is 4.98 Å². The molecule has 13 heavy (non-hydrogen) atoms. The summed E-state index contributed by atoms with van der Waals surface area (Å²) < 4.78 is 4.92. The maximum Gasteiger partial charge on any atom is 0.137 e. The fraction of sp³-hybridized carbons (Fsp3) is 0.444. The Morgan fingerprint density at radius 2 is 2.23 bits per heavy atom. The molecule has 1 saturated heterocycles. The van der Waals surface area contributed by atoms with E-state index in [0.717, 1.165) is 5.56 Å². The zero-order chi connectivity index (χ0) is 9.31. The lowest BCUT2D eigenvalue weighted by molar-refractivity contribution is -0.184. The highest BCUT2D eigenvalue weighted by Gasteiger charge is 2.38. The van der Waals surface area contributed by atoms with Crippen LogP contribution < -0.4 is 0 Å². The van der Waals surface area contributed by atoms with Gasteiger partial charge >= 0.3 is 0 Å². The first-order valence-corrected chi connectivity index (χ1v) is 4.11. The molecule has 2 N–H and O–H groups in total. The molecule has 70 valence electrons. The van der Waals surface area contributed by atoms with Crippen molar-refractivity contribution in [3.63, 3.8) is 0 Å². The van der Waals surface area contributed by atoms with Crippen LogP contribution in [0.4, 0.5) is 0 Å². The van der Waals surface area contributed by atoms with Gasteiger partial charge in [0, 0.05) is 11.8 Å². The Morgan fingerprint density at radius 1 is 1.46 bits per heavy atom. The van der Waals surface area contributed by atoms with E-state index < -0.39 is 5.60 Å². The Morgan fingerprint density at radius 3 is 2.62 bits per heavy atom. The van der Waals surface area contributed by atoms with Crippen LogP contribution >= 0.6 is 0 Å². The van der Waals surface area contributed by atoms with Gasteiger partial charge in [0.1, 0.15) is 5.60 Å². The molecule has 0 radical (unpaired) electrons. The molecule has 2 rings (SSSR count). The molecule has 0 spiro atoms. The standard InChI is InChI=1S/C9H11NO3/c11-4-8-2-1-7(3-10-8)9(12)5-13-6-9/h1-3,11-12H,4-6H2. The molecular weight excluding hydrogens is 170 g/mol.